The first-order valence-corrected chi connectivity index (χ1v) is 13.0. The number of piperidine rings is 1. The number of nitrogens with two attached hydrogens (primary N) is 2. The summed E-state index contributed by atoms with van der Waals surface area (Å²) >= 11 is 0.820. The zero-order valence-corrected chi connectivity index (χ0v) is 21.8. The lowest BCUT2D eigenvalue weighted by Crippen LogP contribution is -2.51. The smallest absolute Gasteiger partial charge is 0.270 e. The van der Waals surface area contributed by atoms with Crippen molar-refractivity contribution < 1.29 is 28.7 Å². The van der Waals surface area contributed by atoms with Crippen LogP contribution in [0.15, 0.2) is 18.2 Å². The fourth-order valence-corrected chi connectivity index (χ4v) is 5.59. The van der Waals surface area contributed by atoms with E-state index in [4.69, 9.17) is 16.2 Å². The second-order valence-electron chi connectivity index (χ2n) is 9.26. The number of hydrogen-bond acceptors (Lipinski definition) is 10. The lowest BCUT2D eigenvalue weighted by molar-refractivity contribution is -0.135. The van der Waals surface area contributed by atoms with E-state index in [1.807, 2.05) is 6.07 Å². The van der Waals surface area contributed by atoms with E-state index in [1.165, 1.54) is 0 Å². The number of anilines is 1. The van der Waals surface area contributed by atoms with Crippen LogP contribution < -0.4 is 21.5 Å². The summed E-state index contributed by atoms with van der Waals surface area (Å²) in [5, 5.41) is 7.60. The van der Waals surface area contributed by atoms with E-state index in [2.05, 4.69) is 14.8 Å². The zero-order valence-electron chi connectivity index (χ0n) is 21.0. The van der Waals surface area contributed by atoms with Crippen LogP contribution in [0.4, 0.5) is 5.69 Å². The number of benzene rings is 1. The molecule has 0 radical (unpaired) electrons. The molecule has 5 N–H and O–H groups in total. The molecular formula is C24H26N8O6S. The maximum Gasteiger partial charge on any atom is 0.270 e. The Bertz CT molecular complexity index is 1510. The molecule has 0 bridgehead atoms. The molecule has 5 amide bonds. The number of carbonyl (C=O) groups excluding carboxylic acids is 5. The maximum absolute atomic E-state index is 12.9. The van der Waals surface area contributed by atoms with Crippen LogP contribution in [0.3, 0.4) is 0 Å². The highest BCUT2D eigenvalue weighted by Gasteiger charge is 2.33. The lowest BCUT2D eigenvalue weighted by atomic mass is 9.93. The Hall–Kier alpha value is -4.53. The standard InChI is InChI=1S/C24H26N8O6S/c1-30-20-12(18(28-30)13-5-6-15(33)27-23(13)36)3-2-4-14(20)38-11-16(34)31-7-9-32(10-8-31)24(37)21-17(25)19(22(26)35)29-39-21/h2-4,13H,5-11,25H2,1H3,(H2,26,35)(H,27,33,36). The Morgan fingerprint density at radius 3 is 2.54 bits per heavy atom. The number of nitrogens with one attached hydrogen (secondary N) is 1. The van der Waals surface area contributed by atoms with Crippen molar-refractivity contribution >= 4 is 57.7 Å². The van der Waals surface area contributed by atoms with Crippen molar-refractivity contribution in [1.29, 1.82) is 0 Å². The number of imide groups is 1. The minimum absolute atomic E-state index is 0.0329. The van der Waals surface area contributed by atoms with Gasteiger partial charge in [-0.2, -0.15) is 9.47 Å². The number of nitrogens with zero attached hydrogens (tertiary/aromatic N) is 5. The molecule has 0 spiro atoms. The van der Waals surface area contributed by atoms with Crippen molar-refractivity contribution in [3.05, 3.63) is 34.5 Å². The molecule has 0 aliphatic carbocycles. The number of aryl methyl sites for hydroxylation is 1. The Morgan fingerprint density at radius 1 is 1.15 bits per heavy atom. The van der Waals surface area contributed by atoms with Gasteiger partial charge in [-0.3, -0.25) is 34.0 Å². The molecule has 1 atom stereocenters. The van der Waals surface area contributed by atoms with Crippen LogP contribution in [-0.4, -0.2) is 86.3 Å². The normalized spacial score (nSPS) is 17.8. The van der Waals surface area contributed by atoms with Crippen LogP contribution >= 0.6 is 11.5 Å². The number of carbonyl (C=O) groups is 5. The van der Waals surface area contributed by atoms with Gasteiger partial charge in [0.25, 0.3) is 17.7 Å². The van der Waals surface area contributed by atoms with Crippen LogP contribution in [0.2, 0.25) is 0 Å². The third-order valence-corrected chi connectivity index (χ3v) is 7.70. The van der Waals surface area contributed by atoms with E-state index < -0.39 is 11.8 Å². The van der Waals surface area contributed by atoms with Gasteiger partial charge in [-0.15, -0.1) is 0 Å². The molecule has 2 aliphatic heterocycles. The Kier molecular flexibility index (Phi) is 6.91. The fraction of sp³-hybridized carbons (Fsp3) is 0.375. The molecule has 14 nitrogen and oxygen atoms in total. The summed E-state index contributed by atoms with van der Waals surface area (Å²) < 4.78 is 11.4. The minimum Gasteiger partial charge on any atom is -0.481 e. The molecule has 0 saturated carbocycles. The van der Waals surface area contributed by atoms with Crippen LogP contribution in [0, 0.1) is 0 Å². The first-order chi connectivity index (χ1) is 18.7. The van der Waals surface area contributed by atoms with Crippen molar-refractivity contribution in [2.24, 2.45) is 12.8 Å². The summed E-state index contributed by atoms with van der Waals surface area (Å²) in [5.74, 6) is -2.20. The number of primary amides is 1. The van der Waals surface area contributed by atoms with Crippen LogP contribution in [0.1, 0.15) is 44.6 Å². The van der Waals surface area contributed by atoms with Crippen molar-refractivity contribution in [3.8, 4) is 5.75 Å². The predicted octanol–water partition coefficient (Wildman–Crippen LogP) is -0.405. The summed E-state index contributed by atoms with van der Waals surface area (Å²) in [6.07, 6.45) is 0.612. The summed E-state index contributed by atoms with van der Waals surface area (Å²) in [6, 6.07) is 5.31. The second-order valence-corrected chi connectivity index (χ2v) is 10.0. The monoisotopic (exact) mass is 554 g/mol. The number of hydrogen-bond donors (Lipinski definition) is 3. The summed E-state index contributed by atoms with van der Waals surface area (Å²) in [7, 11) is 1.73. The number of nitrogen functional groups attached to an aromatic ring is 1. The van der Waals surface area contributed by atoms with E-state index >= 15 is 0 Å². The summed E-state index contributed by atoms with van der Waals surface area (Å²) in [6.45, 7) is 0.923. The average Bonchev–Trinajstić information content (AvgIpc) is 3.47. The van der Waals surface area contributed by atoms with Crippen molar-refractivity contribution in [2.75, 3.05) is 38.5 Å². The first-order valence-electron chi connectivity index (χ1n) is 12.2. The van der Waals surface area contributed by atoms with Crippen LogP contribution in [0.5, 0.6) is 5.75 Å². The minimum atomic E-state index is -0.799. The van der Waals surface area contributed by atoms with Gasteiger partial charge < -0.3 is 26.0 Å². The third-order valence-electron chi connectivity index (χ3n) is 6.85. The number of para-hydroxylation sites is 1. The van der Waals surface area contributed by atoms with Gasteiger partial charge in [0.1, 0.15) is 16.1 Å². The van der Waals surface area contributed by atoms with Gasteiger partial charge in [-0.1, -0.05) is 12.1 Å². The van der Waals surface area contributed by atoms with Crippen LogP contribution in [0.25, 0.3) is 10.9 Å². The largest absolute Gasteiger partial charge is 0.481 e. The van der Waals surface area contributed by atoms with E-state index in [1.54, 1.807) is 33.7 Å². The molecule has 1 aromatic carbocycles. The zero-order chi connectivity index (χ0) is 27.8. The van der Waals surface area contributed by atoms with Gasteiger partial charge in [0.2, 0.25) is 11.8 Å². The fourth-order valence-electron chi connectivity index (χ4n) is 4.82. The van der Waals surface area contributed by atoms with Crippen molar-refractivity contribution in [1.82, 2.24) is 29.3 Å². The molecule has 1 unspecified atom stereocenters. The second kappa shape index (κ2) is 10.3. The van der Waals surface area contributed by atoms with Gasteiger partial charge in [0, 0.05) is 45.0 Å². The molecule has 3 aromatic rings. The van der Waals surface area contributed by atoms with E-state index in [-0.39, 0.29) is 66.0 Å². The van der Waals surface area contributed by atoms with Crippen molar-refractivity contribution in [3.63, 3.8) is 0 Å². The number of aromatic nitrogens is 3. The lowest BCUT2D eigenvalue weighted by Gasteiger charge is -2.34. The highest BCUT2D eigenvalue weighted by molar-refractivity contribution is 7.09. The third kappa shape index (κ3) is 4.87. The Labute approximate surface area is 226 Å². The molecule has 4 heterocycles. The molecule has 39 heavy (non-hydrogen) atoms. The average molecular weight is 555 g/mol. The quantitative estimate of drug-likeness (QED) is 0.339. The molecular weight excluding hydrogens is 528 g/mol. The van der Waals surface area contributed by atoms with Gasteiger partial charge in [-0.05, 0) is 24.0 Å². The number of rotatable bonds is 6. The van der Waals surface area contributed by atoms with Crippen molar-refractivity contribution in [2.45, 2.75) is 18.8 Å². The number of ether oxygens (including phenoxy) is 1. The van der Waals surface area contributed by atoms with Gasteiger partial charge in [0.05, 0.1) is 17.3 Å². The molecule has 204 valence electrons. The predicted molar refractivity (Wildman–Crippen MR) is 139 cm³/mol. The Balaban J connectivity index is 1.22. The summed E-state index contributed by atoms with van der Waals surface area (Å²) in [4.78, 5) is 64.4. The topological polar surface area (TPSA) is 196 Å². The molecule has 2 saturated heterocycles. The Morgan fingerprint density at radius 2 is 1.87 bits per heavy atom. The van der Waals surface area contributed by atoms with Gasteiger partial charge in [0.15, 0.2) is 12.3 Å². The molecule has 2 fully saturated rings. The number of amides is 5. The highest BCUT2D eigenvalue weighted by atomic mass is 32.1. The molecule has 5 rings (SSSR count). The van der Waals surface area contributed by atoms with Gasteiger partial charge >= 0.3 is 0 Å². The van der Waals surface area contributed by atoms with Gasteiger partial charge in [-0.25, -0.2) is 0 Å². The molecule has 15 heteroatoms. The molecule has 2 aliphatic rings. The number of fused-ring (bicyclic) bond motifs is 1. The maximum atomic E-state index is 12.9. The highest BCUT2D eigenvalue weighted by Crippen LogP contribution is 2.34. The molecule has 2 aromatic heterocycles. The summed E-state index contributed by atoms with van der Waals surface area (Å²) in [5.41, 5.74) is 12.1. The number of piperazine rings is 1. The van der Waals surface area contributed by atoms with E-state index in [0.29, 0.717) is 41.9 Å². The van der Waals surface area contributed by atoms with E-state index in [9.17, 15) is 24.0 Å². The first kappa shape index (κ1) is 26.1. The van der Waals surface area contributed by atoms with E-state index in [0.717, 1.165) is 11.5 Å². The van der Waals surface area contributed by atoms with Crippen LogP contribution in [-0.2, 0) is 21.4 Å². The SMILES string of the molecule is Cn1nc(C2CCC(=O)NC2=O)c2cccc(OCC(=O)N3CCN(C(=O)c4snc(C(N)=O)c4N)CC3)c21.